The molecular formula is C22H25Cl2N9. The number of nitrogens with zero attached hydrogens (tertiary/aromatic N) is 8. The van der Waals surface area contributed by atoms with E-state index in [2.05, 4.69) is 21.2 Å². The zero-order chi connectivity index (χ0) is 21.4. The minimum atomic E-state index is 0. The molecule has 1 saturated heterocycles. The molecule has 1 atom stereocenters. The van der Waals surface area contributed by atoms with E-state index in [1.165, 1.54) is 6.42 Å². The van der Waals surface area contributed by atoms with Crippen molar-refractivity contribution < 1.29 is 0 Å². The van der Waals surface area contributed by atoms with E-state index in [9.17, 15) is 5.26 Å². The standard InChI is InChI=1S/C22H23N9.2ClH/c1-29-13-18(11-26-29)19-14-31-22(17(8-24)10-27-31)21(28-19)16-4-5-20(25-9-16)30-6-2-3-15(7-23)12-30;;/h4-5,9-11,13-15H,2-3,6-7,12,23H2,1H3;2*1H. The zero-order valence-corrected chi connectivity index (χ0v) is 19.8. The fraction of sp³-hybridized carbons (Fsp3) is 0.318. The van der Waals surface area contributed by atoms with Crippen LogP contribution in [0, 0.1) is 17.2 Å². The molecule has 1 aliphatic heterocycles. The minimum Gasteiger partial charge on any atom is -0.356 e. The molecule has 2 N–H and O–H groups in total. The predicted molar refractivity (Wildman–Crippen MR) is 132 cm³/mol. The molecule has 1 fully saturated rings. The molecule has 0 saturated carbocycles. The number of nitriles is 1. The van der Waals surface area contributed by atoms with E-state index >= 15 is 0 Å². The van der Waals surface area contributed by atoms with Crippen LogP contribution in [-0.4, -0.2) is 49.0 Å². The van der Waals surface area contributed by atoms with Crippen molar-refractivity contribution in [1.29, 1.82) is 5.26 Å². The maximum absolute atomic E-state index is 9.57. The summed E-state index contributed by atoms with van der Waals surface area (Å²) in [4.78, 5) is 11.9. The van der Waals surface area contributed by atoms with E-state index < -0.39 is 0 Å². The summed E-state index contributed by atoms with van der Waals surface area (Å²) in [6, 6.07) is 6.25. The van der Waals surface area contributed by atoms with Crippen molar-refractivity contribution in [3.8, 4) is 28.6 Å². The number of fused-ring (bicyclic) bond motifs is 1. The fourth-order valence-electron chi connectivity index (χ4n) is 4.17. The Labute approximate surface area is 204 Å². The van der Waals surface area contributed by atoms with Gasteiger partial charge in [0.15, 0.2) is 0 Å². The first-order chi connectivity index (χ1) is 15.2. The molecule has 0 radical (unpaired) electrons. The molecule has 4 aromatic rings. The highest BCUT2D eigenvalue weighted by Gasteiger charge is 2.21. The molecule has 172 valence electrons. The zero-order valence-electron chi connectivity index (χ0n) is 18.1. The third-order valence-corrected chi connectivity index (χ3v) is 5.82. The lowest BCUT2D eigenvalue weighted by Gasteiger charge is -2.33. The SMILES string of the molecule is Cl.Cl.Cn1cc(-c2cn3ncc(C#N)c3c(-c3ccc(N4CCCC(CN)C4)nc3)n2)cn1. The Hall–Kier alpha value is -3.19. The van der Waals surface area contributed by atoms with Crippen molar-refractivity contribution in [2.75, 3.05) is 24.5 Å². The number of rotatable bonds is 4. The average Bonchev–Trinajstić information content (AvgIpc) is 3.44. The third kappa shape index (κ3) is 4.64. The lowest BCUT2D eigenvalue weighted by atomic mass is 9.98. The van der Waals surface area contributed by atoms with Crippen molar-refractivity contribution in [3.63, 3.8) is 0 Å². The second-order valence-electron chi connectivity index (χ2n) is 7.94. The Kier molecular flexibility index (Phi) is 7.53. The van der Waals surface area contributed by atoms with E-state index in [1.54, 1.807) is 21.6 Å². The predicted octanol–water partition coefficient (Wildman–Crippen LogP) is 3.08. The highest BCUT2D eigenvalue weighted by atomic mass is 35.5. The van der Waals surface area contributed by atoms with Crippen LogP contribution < -0.4 is 10.6 Å². The molecule has 1 unspecified atom stereocenters. The lowest BCUT2D eigenvalue weighted by Crippen LogP contribution is -2.38. The van der Waals surface area contributed by atoms with Gasteiger partial charge in [-0.1, -0.05) is 0 Å². The number of hydrogen-bond acceptors (Lipinski definition) is 7. The molecule has 0 bridgehead atoms. The fourth-order valence-corrected chi connectivity index (χ4v) is 4.17. The molecule has 11 heteroatoms. The number of halogens is 2. The van der Waals surface area contributed by atoms with E-state index in [1.807, 2.05) is 37.8 Å². The van der Waals surface area contributed by atoms with Crippen molar-refractivity contribution in [3.05, 3.63) is 48.7 Å². The van der Waals surface area contributed by atoms with Crippen LogP contribution in [0.5, 0.6) is 0 Å². The van der Waals surface area contributed by atoms with Crippen LogP contribution in [0.4, 0.5) is 5.82 Å². The van der Waals surface area contributed by atoms with Gasteiger partial charge >= 0.3 is 0 Å². The Bertz CT molecular complexity index is 1270. The molecule has 0 spiro atoms. The molecule has 9 nitrogen and oxygen atoms in total. The number of aryl methyl sites for hydroxylation is 1. The molecule has 33 heavy (non-hydrogen) atoms. The highest BCUT2D eigenvalue weighted by Crippen LogP contribution is 2.30. The summed E-state index contributed by atoms with van der Waals surface area (Å²) in [6.07, 6.45) is 11.2. The first-order valence-electron chi connectivity index (χ1n) is 10.3. The first kappa shape index (κ1) is 24.5. The van der Waals surface area contributed by atoms with Gasteiger partial charge in [0, 0.05) is 43.7 Å². The summed E-state index contributed by atoms with van der Waals surface area (Å²) in [7, 11) is 1.86. The van der Waals surface area contributed by atoms with Gasteiger partial charge in [0.25, 0.3) is 0 Å². The van der Waals surface area contributed by atoms with Gasteiger partial charge in [-0.15, -0.1) is 24.8 Å². The summed E-state index contributed by atoms with van der Waals surface area (Å²) in [5, 5.41) is 18.2. The second kappa shape index (κ2) is 10.2. The third-order valence-electron chi connectivity index (χ3n) is 5.82. The van der Waals surface area contributed by atoms with E-state index in [-0.39, 0.29) is 24.8 Å². The van der Waals surface area contributed by atoms with Crippen molar-refractivity contribution >= 4 is 36.1 Å². The summed E-state index contributed by atoms with van der Waals surface area (Å²) in [5.41, 5.74) is 10.2. The van der Waals surface area contributed by atoms with Crippen LogP contribution in [0.2, 0.25) is 0 Å². The smallest absolute Gasteiger partial charge is 0.128 e. The van der Waals surface area contributed by atoms with Crippen molar-refractivity contribution in [2.24, 2.45) is 18.7 Å². The largest absolute Gasteiger partial charge is 0.356 e. The number of piperidine rings is 1. The molecule has 0 aliphatic carbocycles. The number of nitrogens with two attached hydrogens (primary N) is 1. The summed E-state index contributed by atoms with van der Waals surface area (Å²) in [5.74, 6) is 1.45. The normalized spacial score (nSPS) is 15.5. The molecule has 4 aromatic heterocycles. The summed E-state index contributed by atoms with van der Waals surface area (Å²) < 4.78 is 3.43. The number of pyridine rings is 1. The molecule has 1 aliphatic rings. The van der Waals surface area contributed by atoms with Gasteiger partial charge in [0.05, 0.1) is 30.0 Å². The monoisotopic (exact) mass is 485 g/mol. The van der Waals surface area contributed by atoms with Crippen LogP contribution in [-0.2, 0) is 7.05 Å². The van der Waals surface area contributed by atoms with Gasteiger partial charge < -0.3 is 10.6 Å². The molecule has 5 heterocycles. The lowest BCUT2D eigenvalue weighted by molar-refractivity contribution is 0.422. The average molecular weight is 486 g/mol. The molecule has 0 aromatic carbocycles. The Morgan fingerprint density at radius 1 is 1.12 bits per heavy atom. The Morgan fingerprint density at radius 3 is 2.64 bits per heavy atom. The Morgan fingerprint density at radius 2 is 1.97 bits per heavy atom. The van der Waals surface area contributed by atoms with E-state index in [0.717, 1.165) is 42.1 Å². The Balaban J connectivity index is 0.00000153. The van der Waals surface area contributed by atoms with Crippen molar-refractivity contribution in [1.82, 2.24) is 29.4 Å². The van der Waals surface area contributed by atoms with Gasteiger partial charge in [-0.25, -0.2) is 14.5 Å². The number of anilines is 1. The van der Waals surface area contributed by atoms with Crippen LogP contribution in [0.15, 0.2) is 43.1 Å². The van der Waals surface area contributed by atoms with Crippen LogP contribution >= 0.6 is 24.8 Å². The number of aromatic nitrogens is 6. The second-order valence-corrected chi connectivity index (χ2v) is 7.94. The topological polar surface area (TPSA) is 114 Å². The van der Waals surface area contributed by atoms with E-state index in [0.29, 0.717) is 29.2 Å². The van der Waals surface area contributed by atoms with Gasteiger partial charge in [0.1, 0.15) is 23.0 Å². The maximum Gasteiger partial charge on any atom is 0.128 e. The molecular weight excluding hydrogens is 461 g/mol. The summed E-state index contributed by atoms with van der Waals surface area (Å²) in [6.45, 7) is 2.63. The quantitative estimate of drug-likeness (QED) is 0.472. The van der Waals surface area contributed by atoms with Gasteiger partial charge in [0.2, 0.25) is 0 Å². The maximum atomic E-state index is 9.57. The summed E-state index contributed by atoms with van der Waals surface area (Å²) >= 11 is 0. The van der Waals surface area contributed by atoms with Crippen LogP contribution in [0.3, 0.4) is 0 Å². The molecule has 5 rings (SSSR count). The van der Waals surface area contributed by atoms with E-state index in [4.69, 9.17) is 15.7 Å². The van der Waals surface area contributed by atoms with Crippen molar-refractivity contribution in [2.45, 2.75) is 12.8 Å². The van der Waals surface area contributed by atoms with Crippen LogP contribution in [0.1, 0.15) is 18.4 Å². The minimum absolute atomic E-state index is 0. The van der Waals surface area contributed by atoms with Crippen LogP contribution in [0.25, 0.3) is 28.0 Å². The first-order valence-corrected chi connectivity index (χ1v) is 10.3. The van der Waals surface area contributed by atoms with Gasteiger partial charge in [-0.3, -0.25) is 4.68 Å². The van der Waals surface area contributed by atoms with Gasteiger partial charge in [-0.05, 0) is 37.4 Å². The van der Waals surface area contributed by atoms with Gasteiger partial charge in [-0.2, -0.15) is 15.5 Å². The highest BCUT2D eigenvalue weighted by molar-refractivity contribution is 5.85. The molecule has 0 amide bonds. The number of hydrogen-bond donors (Lipinski definition) is 1.